The lowest BCUT2D eigenvalue weighted by Gasteiger charge is -2.21. The first-order chi connectivity index (χ1) is 14.2. The van der Waals surface area contributed by atoms with E-state index in [0.717, 1.165) is 11.8 Å². The molecule has 0 radical (unpaired) electrons. The number of esters is 1. The Morgan fingerprint density at radius 3 is 2.40 bits per heavy atom. The first-order valence-electron chi connectivity index (χ1n) is 9.22. The second kappa shape index (κ2) is 8.55. The third-order valence-corrected chi connectivity index (χ3v) is 6.03. The fourth-order valence-electron chi connectivity index (χ4n) is 3.29. The van der Waals surface area contributed by atoms with E-state index in [-0.39, 0.29) is 23.9 Å². The van der Waals surface area contributed by atoms with Crippen LogP contribution < -0.4 is 4.90 Å². The predicted octanol–water partition coefficient (Wildman–Crippen LogP) is 2.43. The molecule has 1 heterocycles. The zero-order chi connectivity index (χ0) is 21.9. The van der Waals surface area contributed by atoms with Crippen molar-refractivity contribution < 1.29 is 22.7 Å². The molecule has 0 aliphatic carbocycles. The van der Waals surface area contributed by atoms with Crippen LogP contribution in [-0.4, -0.2) is 58.3 Å². The summed E-state index contributed by atoms with van der Waals surface area (Å²) >= 11 is 0. The van der Waals surface area contributed by atoms with E-state index >= 15 is 0 Å². The maximum Gasteiger partial charge on any atom is 0.324 e. The molecule has 8 nitrogen and oxygen atoms in total. The fraction of sp³-hybridized carbons (Fsp3) is 0.286. The van der Waals surface area contributed by atoms with Crippen molar-refractivity contribution in [2.75, 3.05) is 37.9 Å². The number of benzene rings is 2. The van der Waals surface area contributed by atoms with E-state index in [1.807, 2.05) is 6.07 Å². The van der Waals surface area contributed by atoms with Crippen LogP contribution in [0.1, 0.15) is 12.0 Å². The molecule has 0 aromatic heterocycles. The number of nitrogens with zero attached hydrogens (tertiary/aromatic N) is 3. The average Bonchev–Trinajstić information content (AvgIpc) is 3.11. The SMILES string of the molecule is COC(=O)CCN1CCN(c2ccc(-c3ccc(C#N)cc3)cc2S(C)(=O)=O)C1=O. The Morgan fingerprint density at radius 1 is 1.13 bits per heavy atom. The highest BCUT2D eigenvalue weighted by Crippen LogP contribution is 2.33. The van der Waals surface area contributed by atoms with Crippen LogP contribution in [0.2, 0.25) is 0 Å². The van der Waals surface area contributed by atoms with Crippen molar-refractivity contribution in [3.8, 4) is 17.2 Å². The topological polar surface area (TPSA) is 108 Å². The van der Waals surface area contributed by atoms with Crippen LogP contribution in [0, 0.1) is 11.3 Å². The number of nitriles is 1. The summed E-state index contributed by atoms with van der Waals surface area (Å²) in [6, 6.07) is 13.4. The first-order valence-corrected chi connectivity index (χ1v) is 11.1. The summed E-state index contributed by atoms with van der Waals surface area (Å²) in [5.74, 6) is -0.412. The third kappa shape index (κ3) is 4.44. The summed E-state index contributed by atoms with van der Waals surface area (Å²) in [4.78, 5) is 27.1. The monoisotopic (exact) mass is 427 g/mol. The van der Waals surface area contributed by atoms with Crippen LogP contribution >= 0.6 is 0 Å². The van der Waals surface area contributed by atoms with Crippen LogP contribution in [0.4, 0.5) is 10.5 Å². The standard InChI is InChI=1S/C21H21N3O5S/c1-29-20(25)9-10-23-11-12-24(21(23)26)18-8-7-17(13-19(18)30(2,27)28)16-5-3-15(14-22)4-6-16/h3-8,13H,9-12H2,1-2H3. The Labute approximate surface area is 175 Å². The second-order valence-electron chi connectivity index (χ2n) is 6.89. The van der Waals surface area contributed by atoms with Crippen LogP contribution in [0.15, 0.2) is 47.4 Å². The third-order valence-electron chi connectivity index (χ3n) is 4.91. The molecule has 30 heavy (non-hydrogen) atoms. The highest BCUT2D eigenvalue weighted by molar-refractivity contribution is 7.90. The smallest absolute Gasteiger partial charge is 0.324 e. The van der Waals surface area contributed by atoms with Gasteiger partial charge in [-0.3, -0.25) is 9.69 Å². The molecule has 0 spiro atoms. The summed E-state index contributed by atoms with van der Waals surface area (Å²) in [6.07, 6.45) is 1.18. The zero-order valence-corrected chi connectivity index (χ0v) is 17.5. The minimum Gasteiger partial charge on any atom is -0.469 e. The van der Waals surface area contributed by atoms with E-state index in [4.69, 9.17) is 5.26 Å². The molecule has 0 N–H and O–H groups in total. The lowest BCUT2D eigenvalue weighted by molar-refractivity contribution is -0.140. The lowest BCUT2D eigenvalue weighted by atomic mass is 10.0. The number of hydrogen-bond acceptors (Lipinski definition) is 6. The predicted molar refractivity (Wildman–Crippen MR) is 111 cm³/mol. The van der Waals surface area contributed by atoms with Gasteiger partial charge in [-0.15, -0.1) is 0 Å². The van der Waals surface area contributed by atoms with Crippen molar-refractivity contribution in [2.45, 2.75) is 11.3 Å². The molecule has 0 bridgehead atoms. The molecule has 156 valence electrons. The maximum absolute atomic E-state index is 12.8. The van der Waals surface area contributed by atoms with Gasteiger partial charge >= 0.3 is 12.0 Å². The highest BCUT2D eigenvalue weighted by Gasteiger charge is 2.32. The van der Waals surface area contributed by atoms with Gasteiger partial charge in [0, 0.05) is 25.9 Å². The van der Waals surface area contributed by atoms with Gasteiger partial charge in [0.05, 0.1) is 35.7 Å². The Kier molecular flexibility index (Phi) is 6.08. The number of methoxy groups -OCH3 is 1. The number of carbonyl (C=O) groups excluding carboxylic acids is 2. The molecule has 0 atom stereocenters. The molecule has 2 aromatic carbocycles. The first kappa shape index (κ1) is 21.3. The molecule has 2 amide bonds. The molecule has 1 fully saturated rings. The van der Waals surface area contributed by atoms with Gasteiger partial charge in [0.2, 0.25) is 0 Å². The molecule has 3 rings (SSSR count). The summed E-state index contributed by atoms with van der Waals surface area (Å²) in [5, 5.41) is 8.94. The second-order valence-corrected chi connectivity index (χ2v) is 8.88. The van der Waals surface area contributed by atoms with Crippen LogP contribution in [0.5, 0.6) is 0 Å². The number of rotatable bonds is 6. The van der Waals surface area contributed by atoms with Gasteiger partial charge in [0.1, 0.15) is 0 Å². The van der Waals surface area contributed by atoms with Crippen molar-refractivity contribution in [1.29, 1.82) is 5.26 Å². The minimum atomic E-state index is -3.62. The van der Waals surface area contributed by atoms with E-state index in [2.05, 4.69) is 4.74 Å². The Bertz CT molecular complexity index is 1120. The number of carbonyl (C=O) groups is 2. The van der Waals surface area contributed by atoms with Gasteiger partial charge < -0.3 is 9.64 Å². The number of hydrogen-bond donors (Lipinski definition) is 0. The molecule has 0 unspecified atom stereocenters. The summed E-state index contributed by atoms with van der Waals surface area (Å²) in [5.41, 5.74) is 2.24. The van der Waals surface area contributed by atoms with E-state index in [9.17, 15) is 18.0 Å². The van der Waals surface area contributed by atoms with Gasteiger partial charge in [-0.05, 0) is 35.4 Å². The van der Waals surface area contributed by atoms with Gasteiger partial charge in [0.15, 0.2) is 9.84 Å². The molecule has 9 heteroatoms. The molecule has 0 saturated carbocycles. The summed E-state index contributed by atoms with van der Waals surface area (Å²) in [6.45, 7) is 0.911. The number of urea groups is 1. The van der Waals surface area contributed by atoms with Gasteiger partial charge in [-0.2, -0.15) is 5.26 Å². The van der Waals surface area contributed by atoms with Crippen LogP contribution in [0.3, 0.4) is 0 Å². The van der Waals surface area contributed by atoms with Crippen molar-refractivity contribution in [3.05, 3.63) is 48.0 Å². The van der Waals surface area contributed by atoms with Crippen LogP contribution in [0.25, 0.3) is 11.1 Å². The summed E-state index contributed by atoms with van der Waals surface area (Å²) < 4.78 is 29.6. The van der Waals surface area contributed by atoms with E-state index in [1.54, 1.807) is 36.4 Å². The van der Waals surface area contributed by atoms with Gasteiger partial charge in [-0.1, -0.05) is 18.2 Å². The molecular weight excluding hydrogens is 406 g/mol. The molecular formula is C21H21N3O5S. The number of anilines is 1. The van der Waals surface area contributed by atoms with Crippen molar-refractivity contribution in [2.24, 2.45) is 0 Å². The van der Waals surface area contributed by atoms with Gasteiger partial charge in [0.25, 0.3) is 0 Å². The maximum atomic E-state index is 12.8. The Balaban J connectivity index is 1.92. The molecule has 1 aliphatic rings. The van der Waals surface area contributed by atoms with Crippen molar-refractivity contribution >= 4 is 27.5 Å². The minimum absolute atomic E-state index is 0.0486. The normalized spacial score (nSPS) is 14.0. The quantitative estimate of drug-likeness (QED) is 0.655. The molecule has 1 saturated heterocycles. The van der Waals surface area contributed by atoms with E-state index in [0.29, 0.717) is 29.9 Å². The molecule has 2 aromatic rings. The van der Waals surface area contributed by atoms with Crippen molar-refractivity contribution in [3.63, 3.8) is 0 Å². The van der Waals surface area contributed by atoms with Crippen molar-refractivity contribution in [1.82, 2.24) is 4.90 Å². The number of sulfone groups is 1. The van der Waals surface area contributed by atoms with E-state index < -0.39 is 15.8 Å². The average molecular weight is 427 g/mol. The van der Waals surface area contributed by atoms with Crippen LogP contribution in [-0.2, 0) is 19.4 Å². The van der Waals surface area contributed by atoms with Gasteiger partial charge in [-0.25, -0.2) is 13.2 Å². The number of ether oxygens (including phenoxy) is 1. The molecule has 1 aliphatic heterocycles. The number of amides is 2. The zero-order valence-electron chi connectivity index (χ0n) is 16.7. The van der Waals surface area contributed by atoms with E-state index in [1.165, 1.54) is 23.0 Å². The summed E-state index contributed by atoms with van der Waals surface area (Å²) in [7, 11) is -2.34. The Morgan fingerprint density at radius 2 is 1.80 bits per heavy atom. The lowest BCUT2D eigenvalue weighted by Crippen LogP contribution is -2.34. The Hall–Kier alpha value is -3.38. The largest absolute Gasteiger partial charge is 0.469 e. The fourth-order valence-corrected chi connectivity index (χ4v) is 4.19. The highest BCUT2D eigenvalue weighted by atomic mass is 32.2.